The number of halogens is 1. The van der Waals surface area contributed by atoms with Crippen molar-refractivity contribution in [3.63, 3.8) is 0 Å². The predicted octanol–water partition coefficient (Wildman–Crippen LogP) is -1.61. The first-order chi connectivity index (χ1) is 9.33. The van der Waals surface area contributed by atoms with Crippen LogP contribution in [-0.2, 0) is 24.1 Å². The quantitative estimate of drug-likeness (QED) is 0.688. The summed E-state index contributed by atoms with van der Waals surface area (Å²) >= 11 is 0. The molecule has 0 radical (unpaired) electrons. The van der Waals surface area contributed by atoms with E-state index < -0.39 is 26.2 Å². The lowest BCUT2D eigenvalue weighted by Gasteiger charge is -2.11. The van der Waals surface area contributed by atoms with Crippen molar-refractivity contribution in [2.75, 3.05) is 19.6 Å². The van der Waals surface area contributed by atoms with Gasteiger partial charge in [-0.15, -0.1) is 12.4 Å². The Morgan fingerprint density at radius 3 is 2.62 bits per heavy atom. The largest absolute Gasteiger partial charge is 0.330 e. The number of aromatic nitrogens is 2. The third kappa shape index (κ3) is 3.73. The summed E-state index contributed by atoms with van der Waals surface area (Å²) < 4.78 is 28.6. The normalized spacial score (nSPS) is 18.5. The molecule has 0 bridgehead atoms. The minimum absolute atomic E-state index is 0. The van der Waals surface area contributed by atoms with Crippen molar-refractivity contribution in [1.29, 1.82) is 0 Å². The Morgan fingerprint density at radius 1 is 1.38 bits per heavy atom. The molecule has 2 N–H and O–H groups in total. The van der Waals surface area contributed by atoms with Gasteiger partial charge in [0, 0.05) is 26.8 Å². The zero-order valence-electron chi connectivity index (χ0n) is 11.8. The fourth-order valence-corrected chi connectivity index (χ4v) is 3.43. The van der Waals surface area contributed by atoms with Crippen LogP contribution in [0.5, 0.6) is 0 Å². The maximum absolute atomic E-state index is 12.2. The molecule has 1 saturated heterocycles. The molecule has 120 valence electrons. The summed E-state index contributed by atoms with van der Waals surface area (Å²) in [5.74, 6) is 0.223. The first-order valence-electron chi connectivity index (χ1n) is 6.30. The molecule has 1 aliphatic heterocycles. The Labute approximate surface area is 128 Å². The van der Waals surface area contributed by atoms with Gasteiger partial charge in [0.1, 0.15) is 0 Å². The highest BCUT2D eigenvalue weighted by molar-refractivity contribution is 7.89. The Hall–Kier alpha value is -1.16. The molecule has 1 unspecified atom stereocenters. The molecule has 10 heteroatoms. The van der Waals surface area contributed by atoms with Gasteiger partial charge < -0.3 is 9.88 Å². The summed E-state index contributed by atoms with van der Waals surface area (Å²) in [6.45, 7) is 1.91. The lowest BCUT2D eigenvalue weighted by molar-refractivity contribution is 0.534. The van der Waals surface area contributed by atoms with E-state index in [1.165, 1.54) is 14.1 Å². The Kier molecular flexibility index (Phi) is 5.74. The van der Waals surface area contributed by atoms with Crippen LogP contribution in [0.4, 0.5) is 0 Å². The Morgan fingerprint density at radius 2 is 2.05 bits per heavy atom. The van der Waals surface area contributed by atoms with E-state index in [0.29, 0.717) is 0 Å². The van der Waals surface area contributed by atoms with E-state index in [0.717, 1.165) is 34.8 Å². The third-order valence-electron chi connectivity index (χ3n) is 3.43. The van der Waals surface area contributed by atoms with Crippen LogP contribution in [0.3, 0.4) is 0 Å². The minimum atomic E-state index is -3.91. The Balaban J connectivity index is 0.00000220. The van der Waals surface area contributed by atoms with Crippen LogP contribution in [0.15, 0.2) is 20.7 Å². The summed E-state index contributed by atoms with van der Waals surface area (Å²) in [7, 11) is -1.25. The first-order valence-corrected chi connectivity index (χ1v) is 7.78. The summed E-state index contributed by atoms with van der Waals surface area (Å²) in [4.78, 5) is 23.0. The standard InChI is InChI=1S/C11H18N4O4S.ClH/c1-14-7-9(10(16)15(2)11(14)17)20(18,19)13-6-8-3-4-12-5-8;/h7-8,12-13H,3-6H2,1-2H3;1H. The highest BCUT2D eigenvalue weighted by Gasteiger charge is 2.23. The average molecular weight is 339 g/mol. The molecule has 0 amide bonds. The lowest BCUT2D eigenvalue weighted by Crippen LogP contribution is -2.42. The van der Waals surface area contributed by atoms with E-state index >= 15 is 0 Å². The zero-order chi connectivity index (χ0) is 14.9. The Bertz CT molecular complexity index is 719. The molecule has 1 fully saturated rings. The fourth-order valence-electron chi connectivity index (χ4n) is 2.15. The number of sulfonamides is 1. The van der Waals surface area contributed by atoms with Crippen LogP contribution in [0.1, 0.15) is 6.42 Å². The topological polar surface area (TPSA) is 102 Å². The van der Waals surface area contributed by atoms with Gasteiger partial charge in [-0.05, 0) is 25.4 Å². The number of nitrogens with zero attached hydrogens (tertiary/aromatic N) is 2. The van der Waals surface area contributed by atoms with E-state index in [-0.39, 0.29) is 24.9 Å². The molecular weight excluding hydrogens is 320 g/mol. The predicted molar refractivity (Wildman–Crippen MR) is 80.3 cm³/mol. The van der Waals surface area contributed by atoms with Crippen LogP contribution in [0, 0.1) is 5.92 Å². The van der Waals surface area contributed by atoms with E-state index in [4.69, 9.17) is 0 Å². The van der Waals surface area contributed by atoms with Crippen LogP contribution < -0.4 is 21.3 Å². The molecule has 1 aromatic rings. The smallest absolute Gasteiger partial charge is 0.316 e. The monoisotopic (exact) mass is 338 g/mol. The number of rotatable bonds is 4. The second-order valence-corrected chi connectivity index (χ2v) is 6.70. The van der Waals surface area contributed by atoms with Gasteiger partial charge in [0.05, 0.1) is 0 Å². The highest BCUT2D eigenvalue weighted by Crippen LogP contribution is 2.07. The van der Waals surface area contributed by atoms with Crippen LogP contribution in [-0.4, -0.2) is 37.2 Å². The molecule has 0 aromatic carbocycles. The molecule has 2 heterocycles. The molecule has 8 nitrogen and oxygen atoms in total. The average Bonchev–Trinajstić information content (AvgIpc) is 2.91. The van der Waals surface area contributed by atoms with Crippen molar-refractivity contribution in [1.82, 2.24) is 19.2 Å². The highest BCUT2D eigenvalue weighted by atomic mass is 35.5. The SMILES string of the molecule is Cl.Cn1cc(S(=O)(=O)NCC2CCNC2)c(=O)n(C)c1=O. The molecule has 21 heavy (non-hydrogen) atoms. The van der Waals surface area contributed by atoms with E-state index in [2.05, 4.69) is 10.0 Å². The lowest BCUT2D eigenvalue weighted by atomic mass is 10.1. The third-order valence-corrected chi connectivity index (χ3v) is 4.83. The van der Waals surface area contributed by atoms with Gasteiger partial charge in [-0.3, -0.25) is 9.36 Å². The van der Waals surface area contributed by atoms with Crippen molar-refractivity contribution >= 4 is 22.4 Å². The van der Waals surface area contributed by atoms with Gasteiger partial charge in [-0.2, -0.15) is 0 Å². The van der Waals surface area contributed by atoms with Crippen LogP contribution in [0.25, 0.3) is 0 Å². The molecule has 0 aliphatic carbocycles. The number of hydrogen-bond donors (Lipinski definition) is 2. The maximum Gasteiger partial charge on any atom is 0.330 e. The molecule has 1 atom stereocenters. The molecule has 2 rings (SSSR count). The second-order valence-electron chi connectivity index (χ2n) is 4.96. The van der Waals surface area contributed by atoms with Crippen molar-refractivity contribution in [3.05, 3.63) is 27.0 Å². The number of nitrogens with one attached hydrogen (secondary N) is 2. The van der Waals surface area contributed by atoms with E-state index in [1.807, 2.05) is 0 Å². The maximum atomic E-state index is 12.2. The van der Waals surface area contributed by atoms with Crippen molar-refractivity contribution < 1.29 is 8.42 Å². The number of aryl methyl sites for hydroxylation is 1. The fraction of sp³-hybridized carbons (Fsp3) is 0.636. The molecule has 1 aliphatic rings. The van der Waals surface area contributed by atoms with Gasteiger partial charge in [0.2, 0.25) is 10.0 Å². The molecule has 0 spiro atoms. The van der Waals surface area contributed by atoms with Gasteiger partial charge >= 0.3 is 5.69 Å². The van der Waals surface area contributed by atoms with Gasteiger partial charge in [0.25, 0.3) is 5.56 Å². The van der Waals surface area contributed by atoms with Gasteiger partial charge in [-0.25, -0.2) is 17.9 Å². The van der Waals surface area contributed by atoms with E-state index in [9.17, 15) is 18.0 Å². The van der Waals surface area contributed by atoms with E-state index in [1.54, 1.807) is 0 Å². The van der Waals surface area contributed by atoms with Crippen molar-refractivity contribution in [2.45, 2.75) is 11.3 Å². The van der Waals surface area contributed by atoms with Crippen molar-refractivity contribution in [3.8, 4) is 0 Å². The minimum Gasteiger partial charge on any atom is -0.316 e. The zero-order valence-corrected chi connectivity index (χ0v) is 13.5. The van der Waals surface area contributed by atoms with Crippen LogP contribution >= 0.6 is 12.4 Å². The molecular formula is C11H19ClN4O4S. The van der Waals surface area contributed by atoms with Gasteiger partial charge in [-0.1, -0.05) is 0 Å². The molecule has 0 saturated carbocycles. The summed E-state index contributed by atoms with van der Waals surface area (Å²) in [5.41, 5.74) is -1.38. The number of hydrogen-bond acceptors (Lipinski definition) is 5. The second kappa shape index (κ2) is 6.73. The summed E-state index contributed by atoms with van der Waals surface area (Å²) in [6.07, 6.45) is 1.95. The van der Waals surface area contributed by atoms with Gasteiger partial charge in [0.15, 0.2) is 4.90 Å². The van der Waals surface area contributed by atoms with Crippen LogP contribution in [0.2, 0.25) is 0 Å². The van der Waals surface area contributed by atoms with Crippen molar-refractivity contribution in [2.24, 2.45) is 20.0 Å². The first kappa shape index (κ1) is 17.9. The summed E-state index contributed by atoms with van der Waals surface area (Å²) in [5, 5.41) is 3.14. The summed E-state index contributed by atoms with van der Waals surface area (Å²) in [6, 6.07) is 0. The molecule has 1 aromatic heterocycles.